The molecule has 1 aromatic heterocycles. The molecule has 1 amide bonds. The van der Waals surface area contributed by atoms with E-state index in [1.807, 2.05) is 29.2 Å². The number of rotatable bonds is 3. The third-order valence-electron chi connectivity index (χ3n) is 5.55. The van der Waals surface area contributed by atoms with Crippen molar-refractivity contribution in [2.45, 2.75) is 44.7 Å². The maximum absolute atomic E-state index is 12.9. The van der Waals surface area contributed by atoms with Crippen molar-refractivity contribution in [1.82, 2.24) is 14.9 Å². The number of aromatic amines is 1. The molecule has 2 heterocycles. The fourth-order valence-corrected chi connectivity index (χ4v) is 4.10. The minimum absolute atomic E-state index is 0.0843. The number of carbonyl (C=O) groups is 1. The second kappa shape index (κ2) is 7.11. The van der Waals surface area contributed by atoms with Gasteiger partial charge >= 0.3 is 0 Å². The van der Waals surface area contributed by atoms with E-state index in [4.69, 9.17) is 15.5 Å². The number of fused-ring (bicyclic) bond motifs is 1. The molecule has 2 atom stereocenters. The number of nitrogens with two attached hydrogens (primary N) is 1. The average molecular weight is 354 g/mol. The lowest BCUT2D eigenvalue weighted by atomic mass is 9.85. The first-order chi connectivity index (χ1) is 12.6. The second-order valence-electron chi connectivity index (χ2n) is 7.38. The summed E-state index contributed by atoms with van der Waals surface area (Å²) in [6, 6.07) is 8.03. The largest absolute Gasteiger partial charge is 0.497 e. The Morgan fingerprint density at radius 2 is 2.27 bits per heavy atom. The molecule has 0 saturated heterocycles. The number of ether oxygens (including phenoxy) is 1. The van der Waals surface area contributed by atoms with Crippen molar-refractivity contribution >= 4 is 5.91 Å². The number of nitrogens with one attached hydrogen (secondary N) is 1. The summed E-state index contributed by atoms with van der Waals surface area (Å²) in [7, 11) is 1.66. The Balaban J connectivity index is 1.50. The van der Waals surface area contributed by atoms with Crippen molar-refractivity contribution in [3.8, 4) is 17.1 Å². The van der Waals surface area contributed by atoms with E-state index >= 15 is 0 Å². The average Bonchev–Trinajstić information content (AvgIpc) is 3.11. The van der Waals surface area contributed by atoms with E-state index < -0.39 is 0 Å². The number of amides is 1. The maximum atomic E-state index is 12.9. The molecule has 4 rings (SSSR count). The molecule has 0 spiro atoms. The quantitative estimate of drug-likeness (QED) is 0.887. The van der Waals surface area contributed by atoms with Gasteiger partial charge < -0.3 is 20.4 Å². The maximum Gasteiger partial charge on any atom is 0.226 e. The molecule has 6 heteroatoms. The van der Waals surface area contributed by atoms with Crippen LogP contribution in [-0.2, 0) is 17.8 Å². The highest BCUT2D eigenvalue weighted by molar-refractivity contribution is 5.79. The van der Waals surface area contributed by atoms with Crippen molar-refractivity contribution < 1.29 is 9.53 Å². The van der Waals surface area contributed by atoms with Crippen molar-refractivity contribution in [2.24, 2.45) is 11.7 Å². The Labute approximate surface area is 153 Å². The number of nitrogens with zero attached hydrogens (tertiary/aromatic N) is 2. The van der Waals surface area contributed by atoms with Crippen LogP contribution in [0.4, 0.5) is 0 Å². The minimum atomic E-state index is 0.0843. The van der Waals surface area contributed by atoms with E-state index in [2.05, 4.69) is 4.98 Å². The summed E-state index contributed by atoms with van der Waals surface area (Å²) in [5, 5.41) is 0. The van der Waals surface area contributed by atoms with Gasteiger partial charge in [0, 0.05) is 30.5 Å². The van der Waals surface area contributed by atoms with Gasteiger partial charge in [-0.05, 0) is 31.4 Å². The zero-order valence-corrected chi connectivity index (χ0v) is 15.2. The highest BCUT2D eigenvalue weighted by Gasteiger charge is 2.31. The van der Waals surface area contributed by atoms with Crippen LogP contribution in [0.3, 0.4) is 0 Å². The molecule has 1 aliphatic carbocycles. The van der Waals surface area contributed by atoms with Gasteiger partial charge in [0.1, 0.15) is 11.6 Å². The van der Waals surface area contributed by atoms with Crippen LogP contribution in [0.15, 0.2) is 24.3 Å². The molecule has 1 aromatic carbocycles. The van der Waals surface area contributed by atoms with Gasteiger partial charge in [0.05, 0.1) is 25.0 Å². The van der Waals surface area contributed by atoms with Gasteiger partial charge in [-0.2, -0.15) is 0 Å². The van der Waals surface area contributed by atoms with Crippen LogP contribution < -0.4 is 10.5 Å². The predicted octanol–water partition coefficient (Wildman–Crippen LogP) is 2.49. The van der Waals surface area contributed by atoms with Crippen LogP contribution in [-0.4, -0.2) is 40.5 Å². The monoisotopic (exact) mass is 354 g/mol. The molecule has 1 aliphatic heterocycles. The van der Waals surface area contributed by atoms with Crippen LogP contribution in [0.5, 0.6) is 5.75 Å². The van der Waals surface area contributed by atoms with Gasteiger partial charge in [-0.3, -0.25) is 4.79 Å². The third-order valence-corrected chi connectivity index (χ3v) is 5.55. The molecule has 0 radical (unpaired) electrons. The number of hydrogen-bond acceptors (Lipinski definition) is 4. The van der Waals surface area contributed by atoms with Crippen molar-refractivity contribution in [1.29, 1.82) is 0 Å². The van der Waals surface area contributed by atoms with Crippen LogP contribution >= 0.6 is 0 Å². The van der Waals surface area contributed by atoms with Crippen LogP contribution in [0.25, 0.3) is 11.4 Å². The molecule has 3 N–H and O–H groups in total. The molecular formula is C20H26N4O2. The van der Waals surface area contributed by atoms with Crippen molar-refractivity contribution in [2.75, 3.05) is 13.7 Å². The van der Waals surface area contributed by atoms with Gasteiger partial charge in [-0.25, -0.2) is 4.98 Å². The minimum Gasteiger partial charge on any atom is -0.497 e. The Morgan fingerprint density at radius 3 is 3.08 bits per heavy atom. The Hall–Kier alpha value is -2.34. The number of hydrogen-bond donors (Lipinski definition) is 2. The van der Waals surface area contributed by atoms with E-state index in [0.717, 1.165) is 67.2 Å². The summed E-state index contributed by atoms with van der Waals surface area (Å²) in [6.07, 6.45) is 4.67. The fourth-order valence-electron chi connectivity index (χ4n) is 4.10. The first kappa shape index (κ1) is 17.1. The van der Waals surface area contributed by atoms with Crippen molar-refractivity contribution in [3.05, 3.63) is 35.7 Å². The Morgan fingerprint density at radius 1 is 1.38 bits per heavy atom. The molecule has 26 heavy (non-hydrogen) atoms. The van der Waals surface area contributed by atoms with Crippen LogP contribution in [0.1, 0.15) is 37.1 Å². The molecule has 1 saturated carbocycles. The molecule has 0 unspecified atom stereocenters. The van der Waals surface area contributed by atoms with Crippen LogP contribution in [0, 0.1) is 5.92 Å². The summed E-state index contributed by atoms with van der Waals surface area (Å²) in [5.41, 5.74) is 9.16. The van der Waals surface area contributed by atoms with Gasteiger partial charge in [0.2, 0.25) is 5.91 Å². The van der Waals surface area contributed by atoms with E-state index in [1.54, 1.807) is 7.11 Å². The summed E-state index contributed by atoms with van der Waals surface area (Å²) < 4.78 is 5.30. The summed E-state index contributed by atoms with van der Waals surface area (Å²) in [4.78, 5) is 23.0. The lowest BCUT2D eigenvalue weighted by molar-refractivity contribution is -0.137. The molecule has 2 aromatic rings. The van der Waals surface area contributed by atoms with Gasteiger partial charge in [0.15, 0.2) is 0 Å². The zero-order valence-electron chi connectivity index (χ0n) is 15.2. The third kappa shape index (κ3) is 3.33. The van der Waals surface area contributed by atoms with Crippen LogP contribution in [0.2, 0.25) is 0 Å². The SMILES string of the molecule is COc1cccc(-c2nc3c([nH]2)CN(C(=O)[C@H]2CCC[C@@H](N)C2)CC3)c1. The highest BCUT2D eigenvalue weighted by atomic mass is 16.5. The zero-order chi connectivity index (χ0) is 18.1. The molecule has 1 fully saturated rings. The standard InChI is InChI=1S/C20H26N4O2/c1-26-16-7-3-4-13(11-16)19-22-17-8-9-24(12-18(17)23-19)20(25)14-5-2-6-15(21)10-14/h3-4,7,11,14-15H,2,5-6,8-10,12,21H2,1H3,(H,22,23)/t14-,15+/m0/s1. The Kier molecular flexibility index (Phi) is 4.68. The number of methoxy groups -OCH3 is 1. The van der Waals surface area contributed by atoms with Gasteiger partial charge in [-0.1, -0.05) is 18.6 Å². The number of imidazole rings is 1. The lowest BCUT2D eigenvalue weighted by Crippen LogP contribution is -2.43. The molecule has 138 valence electrons. The molecule has 0 bridgehead atoms. The molecule has 6 nitrogen and oxygen atoms in total. The van der Waals surface area contributed by atoms with Crippen molar-refractivity contribution in [3.63, 3.8) is 0 Å². The first-order valence-corrected chi connectivity index (χ1v) is 9.40. The topological polar surface area (TPSA) is 84.2 Å². The Bertz CT molecular complexity index is 801. The number of carbonyl (C=O) groups excluding carboxylic acids is 1. The summed E-state index contributed by atoms with van der Waals surface area (Å²) in [6.45, 7) is 1.34. The number of H-pyrrole nitrogens is 1. The molecule has 2 aliphatic rings. The predicted molar refractivity (Wildman–Crippen MR) is 99.6 cm³/mol. The normalized spacial score (nSPS) is 22.8. The number of aromatic nitrogens is 2. The second-order valence-corrected chi connectivity index (χ2v) is 7.38. The highest BCUT2D eigenvalue weighted by Crippen LogP contribution is 2.29. The van der Waals surface area contributed by atoms with E-state index in [1.165, 1.54) is 0 Å². The van der Waals surface area contributed by atoms with E-state index in [9.17, 15) is 4.79 Å². The smallest absolute Gasteiger partial charge is 0.226 e. The molecular weight excluding hydrogens is 328 g/mol. The van der Waals surface area contributed by atoms with Gasteiger partial charge in [-0.15, -0.1) is 0 Å². The van der Waals surface area contributed by atoms with E-state index in [-0.39, 0.29) is 17.9 Å². The first-order valence-electron chi connectivity index (χ1n) is 9.40. The van der Waals surface area contributed by atoms with Gasteiger partial charge in [0.25, 0.3) is 0 Å². The number of benzene rings is 1. The fraction of sp³-hybridized carbons (Fsp3) is 0.500. The summed E-state index contributed by atoms with van der Waals surface area (Å²) >= 11 is 0. The van der Waals surface area contributed by atoms with E-state index in [0.29, 0.717) is 6.54 Å². The summed E-state index contributed by atoms with van der Waals surface area (Å²) in [5.74, 6) is 1.98. The lowest BCUT2D eigenvalue weighted by Gasteiger charge is -2.33.